The monoisotopic (exact) mass is 318 g/mol. The van der Waals surface area contributed by atoms with Crippen LogP contribution >= 0.6 is 0 Å². The zero-order chi connectivity index (χ0) is 15.5. The Morgan fingerprint density at radius 2 is 1.81 bits per heavy atom. The summed E-state index contributed by atoms with van der Waals surface area (Å²) in [4.78, 5) is 2.26. The molecule has 0 aromatic heterocycles. The fraction of sp³-hybridized carbons (Fsp3) is 1.00. The van der Waals surface area contributed by atoms with E-state index in [-0.39, 0.29) is 6.04 Å². The topological polar surface area (TPSA) is 64.7 Å². The van der Waals surface area contributed by atoms with Crippen molar-refractivity contribution in [1.82, 2.24) is 19.2 Å². The summed E-state index contributed by atoms with van der Waals surface area (Å²) in [6, 6.07) is 0.0706. The molecule has 0 spiro atoms. The number of nitrogens with one attached hydrogen (secondary N) is 2. The van der Waals surface area contributed by atoms with Gasteiger partial charge >= 0.3 is 0 Å². The van der Waals surface area contributed by atoms with Crippen LogP contribution in [0.2, 0.25) is 0 Å². The Morgan fingerprint density at radius 3 is 2.38 bits per heavy atom. The van der Waals surface area contributed by atoms with Crippen LogP contribution in [0, 0.1) is 11.8 Å². The molecule has 0 radical (unpaired) electrons. The average molecular weight is 318 g/mol. The fourth-order valence-corrected chi connectivity index (χ4v) is 5.01. The van der Waals surface area contributed by atoms with E-state index in [4.69, 9.17) is 0 Å². The largest absolute Gasteiger partial charge is 0.319 e. The second-order valence-electron chi connectivity index (χ2n) is 6.66. The number of piperidine rings is 2. The van der Waals surface area contributed by atoms with E-state index in [0.717, 1.165) is 38.9 Å². The molecule has 7 heteroatoms. The Kier molecular flexibility index (Phi) is 6.02. The molecule has 2 fully saturated rings. The molecule has 0 aromatic carbocycles. The minimum absolute atomic E-state index is 0.0706. The van der Waals surface area contributed by atoms with E-state index in [1.165, 1.54) is 0 Å². The van der Waals surface area contributed by atoms with Gasteiger partial charge in [-0.05, 0) is 58.3 Å². The Bertz CT molecular complexity index is 421. The van der Waals surface area contributed by atoms with Crippen molar-refractivity contribution in [2.24, 2.45) is 11.8 Å². The van der Waals surface area contributed by atoms with E-state index in [0.29, 0.717) is 24.9 Å². The second-order valence-corrected chi connectivity index (χ2v) is 8.36. The first-order valence-corrected chi connectivity index (χ1v) is 9.47. The summed E-state index contributed by atoms with van der Waals surface area (Å²) in [7, 11) is 0.714. The summed E-state index contributed by atoms with van der Waals surface area (Å²) in [6.07, 6.45) is 2.79. The van der Waals surface area contributed by atoms with Crippen molar-refractivity contribution in [2.45, 2.75) is 32.2 Å². The van der Waals surface area contributed by atoms with E-state index in [2.05, 4.69) is 28.9 Å². The van der Waals surface area contributed by atoms with Gasteiger partial charge in [0.1, 0.15) is 0 Å². The van der Waals surface area contributed by atoms with Crippen molar-refractivity contribution >= 4 is 10.2 Å². The SMILES string of the molecule is CNCC1CCN(S(=O)(=O)NC2CCN(C)CC2C)CC1. The van der Waals surface area contributed by atoms with Gasteiger partial charge in [-0.1, -0.05) is 6.92 Å². The van der Waals surface area contributed by atoms with Crippen LogP contribution in [0.4, 0.5) is 0 Å². The lowest BCUT2D eigenvalue weighted by Crippen LogP contribution is -2.54. The van der Waals surface area contributed by atoms with E-state index >= 15 is 0 Å². The lowest BCUT2D eigenvalue weighted by atomic mass is 9.95. The van der Waals surface area contributed by atoms with Gasteiger partial charge in [0.15, 0.2) is 0 Å². The number of hydrogen-bond donors (Lipinski definition) is 2. The molecular weight excluding hydrogens is 288 g/mol. The number of nitrogens with zero attached hydrogens (tertiary/aromatic N) is 2. The molecule has 21 heavy (non-hydrogen) atoms. The molecule has 2 atom stereocenters. The van der Waals surface area contributed by atoms with Crippen LogP contribution in [0.3, 0.4) is 0 Å². The summed E-state index contributed by atoms with van der Waals surface area (Å²) in [5, 5.41) is 3.18. The summed E-state index contributed by atoms with van der Waals surface area (Å²) >= 11 is 0. The molecule has 2 rings (SSSR count). The van der Waals surface area contributed by atoms with Crippen molar-refractivity contribution < 1.29 is 8.42 Å². The van der Waals surface area contributed by atoms with Crippen LogP contribution in [0.15, 0.2) is 0 Å². The van der Waals surface area contributed by atoms with Crippen LogP contribution < -0.4 is 10.0 Å². The third-order valence-corrected chi connectivity index (χ3v) is 6.46. The highest BCUT2D eigenvalue weighted by atomic mass is 32.2. The Morgan fingerprint density at radius 1 is 1.14 bits per heavy atom. The minimum Gasteiger partial charge on any atom is -0.319 e. The highest BCUT2D eigenvalue weighted by Crippen LogP contribution is 2.21. The van der Waals surface area contributed by atoms with Crippen LogP contribution in [-0.2, 0) is 10.2 Å². The zero-order valence-electron chi connectivity index (χ0n) is 13.5. The van der Waals surface area contributed by atoms with Gasteiger partial charge in [-0.3, -0.25) is 0 Å². The van der Waals surface area contributed by atoms with E-state index < -0.39 is 10.2 Å². The summed E-state index contributed by atoms with van der Waals surface area (Å²) in [6.45, 7) is 6.31. The summed E-state index contributed by atoms with van der Waals surface area (Å²) < 4.78 is 29.6. The van der Waals surface area contributed by atoms with E-state index in [1.54, 1.807) is 4.31 Å². The highest BCUT2D eigenvalue weighted by molar-refractivity contribution is 7.87. The van der Waals surface area contributed by atoms with Gasteiger partial charge in [-0.15, -0.1) is 0 Å². The zero-order valence-corrected chi connectivity index (χ0v) is 14.3. The molecule has 0 aromatic rings. The van der Waals surface area contributed by atoms with Gasteiger partial charge in [0, 0.05) is 25.7 Å². The third kappa shape index (κ3) is 4.63. The highest BCUT2D eigenvalue weighted by Gasteiger charge is 2.32. The molecular formula is C14H30N4O2S. The van der Waals surface area contributed by atoms with Crippen LogP contribution in [0.1, 0.15) is 26.2 Å². The van der Waals surface area contributed by atoms with Crippen molar-refractivity contribution in [1.29, 1.82) is 0 Å². The molecule has 0 bridgehead atoms. The molecule has 2 aliphatic heterocycles. The number of rotatable bonds is 5. The first-order valence-electron chi connectivity index (χ1n) is 8.03. The summed E-state index contributed by atoms with van der Waals surface area (Å²) in [5.74, 6) is 0.962. The molecule has 2 unspecified atom stereocenters. The van der Waals surface area contributed by atoms with Crippen LogP contribution in [0.25, 0.3) is 0 Å². The summed E-state index contributed by atoms with van der Waals surface area (Å²) in [5.41, 5.74) is 0. The maximum atomic E-state index is 12.5. The molecule has 2 heterocycles. The van der Waals surface area contributed by atoms with Gasteiger partial charge in [0.25, 0.3) is 10.2 Å². The smallest absolute Gasteiger partial charge is 0.279 e. The maximum absolute atomic E-state index is 12.5. The fourth-order valence-electron chi connectivity index (χ4n) is 3.44. The quantitative estimate of drug-likeness (QED) is 0.754. The van der Waals surface area contributed by atoms with E-state index in [1.807, 2.05) is 7.05 Å². The molecule has 6 nitrogen and oxygen atoms in total. The van der Waals surface area contributed by atoms with Crippen LogP contribution in [-0.4, -0.2) is 70.5 Å². The molecule has 2 saturated heterocycles. The Hall–Kier alpha value is -0.210. The Labute approximate surface area is 129 Å². The van der Waals surface area contributed by atoms with Gasteiger partial charge in [0.2, 0.25) is 0 Å². The lowest BCUT2D eigenvalue weighted by molar-refractivity contribution is 0.185. The van der Waals surface area contributed by atoms with Gasteiger partial charge < -0.3 is 10.2 Å². The maximum Gasteiger partial charge on any atom is 0.279 e. The predicted octanol–water partition coefficient (Wildman–Crippen LogP) is 0.0924. The van der Waals surface area contributed by atoms with Crippen molar-refractivity contribution in [2.75, 3.05) is 46.8 Å². The molecule has 2 aliphatic rings. The third-order valence-electron chi connectivity index (χ3n) is 4.81. The van der Waals surface area contributed by atoms with Crippen molar-refractivity contribution in [3.63, 3.8) is 0 Å². The minimum atomic E-state index is -3.33. The van der Waals surface area contributed by atoms with Gasteiger partial charge in [0.05, 0.1) is 0 Å². The van der Waals surface area contributed by atoms with Crippen molar-refractivity contribution in [3.05, 3.63) is 0 Å². The number of likely N-dealkylation sites (tertiary alicyclic amines) is 1. The molecule has 0 saturated carbocycles. The normalized spacial score (nSPS) is 30.6. The van der Waals surface area contributed by atoms with E-state index in [9.17, 15) is 8.42 Å². The molecule has 2 N–H and O–H groups in total. The molecule has 0 amide bonds. The first kappa shape index (κ1) is 17.1. The molecule has 0 aliphatic carbocycles. The van der Waals surface area contributed by atoms with Crippen LogP contribution in [0.5, 0.6) is 0 Å². The predicted molar refractivity (Wildman–Crippen MR) is 85.3 cm³/mol. The lowest BCUT2D eigenvalue weighted by Gasteiger charge is -2.37. The molecule has 124 valence electrons. The van der Waals surface area contributed by atoms with Gasteiger partial charge in [-0.2, -0.15) is 17.4 Å². The van der Waals surface area contributed by atoms with Gasteiger partial charge in [-0.25, -0.2) is 0 Å². The Balaban J connectivity index is 1.87. The number of hydrogen-bond acceptors (Lipinski definition) is 4. The average Bonchev–Trinajstić information content (AvgIpc) is 2.43. The van der Waals surface area contributed by atoms with Crippen molar-refractivity contribution in [3.8, 4) is 0 Å². The second kappa shape index (κ2) is 7.37. The standard InChI is InChI=1S/C14H30N4O2S/c1-12-11-17(3)7-6-14(12)16-21(19,20)18-8-4-13(5-9-18)10-15-2/h12-16H,4-11H2,1-3H3. The first-order chi connectivity index (χ1) is 9.92.